The van der Waals surface area contributed by atoms with E-state index in [2.05, 4.69) is 4.74 Å². The normalized spacial score (nSPS) is 8.92. The average Bonchev–Trinajstić information content (AvgIpc) is 2.15. The van der Waals surface area contributed by atoms with Crippen LogP contribution in [-0.2, 0) is 4.74 Å². The first-order chi connectivity index (χ1) is 6.24. The summed E-state index contributed by atoms with van der Waals surface area (Å²) in [5, 5.41) is 8.71. The van der Waals surface area contributed by atoms with Crippen LogP contribution in [0.2, 0.25) is 5.02 Å². The van der Waals surface area contributed by atoms with Gasteiger partial charge in [-0.15, -0.1) is 0 Å². The summed E-state index contributed by atoms with van der Waals surface area (Å²) in [5.41, 5.74) is 0.389. The zero-order valence-corrected chi connectivity index (χ0v) is 7.41. The number of ether oxygens (including phenoxy) is 1. The van der Waals surface area contributed by atoms with Crippen LogP contribution in [0.1, 0.15) is 10.4 Å². The Kier molecular flexibility index (Phi) is 3.30. The largest absolute Gasteiger partial charge is 0.447 e. The lowest BCUT2D eigenvalue weighted by Gasteiger charge is -1.99. The molecule has 1 aromatic rings. The highest BCUT2D eigenvalue weighted by Crippen LogP contribution is 2.10. The van der Waals surface area contributed by atoms with Crippen LogP contribution in [0.4, 0.5) is 0 Å². The Labute approximate surface area is 80.5 Å². The van der Waals surface area contributed by atoms with E-state index in [9.17, 15) is 4.79 Å². The Balaban J connectivity index is 2.68. The maximum absolute atomic E-state index is 11.1. The molecule has 0 fully saturated rings. The zero-order chi connectivity index (χ0) is 9.68. The molecule has 3 nitrogen and oxygen atoms in total. The Hall–Kier alpha value is -1.53. The monoisotopic (exact) mass is 195 g/mol. The predicted molar refractivity (Wildman–Crippen MR) is 47.3 cm³/mol. The van der Waals surface area contributed by atoms with Crippen molar-refractivity contribution in [1.29, 1.82) is 5.26 Å². The number of carbonyl (C=O) groups excluding carboxylic acids is 1. The maximum Gasteiger partial charge on any atom is 0.339 e. The Morgan fingerprint density at radius 3 is 2.62 bits per heavy atom. The lowest BCUT2D eigenvalue weighted by molar-refractivity contribution is 0.0555. The third-order valence-corrected chi connectivity index (χ3v) is 1.60. The molecule has 1 rings (SSSR count). The zero-order valence-electron chi connectivity index (χ0n) is 6.66. The SMILES string of the molecule is N#CCOC(=O)c1ccc(Cl)cc1. The number of rotatable bonds is 2. The Morgan fingerprint density at radius 1 is 1.46 bits per heavy atom. The van der Waals surface area contributed by atoms with Crippen LogP contribution in [0.25, 0.3) is 0 Å². The summed E-state index contributed by atoms with van der Waals surface area (Å²) in [6, 6.07) is 7.97. The molecule has 0 saturated carbocycles. The van der Waals surface area contributed by atoms with Crippen LogP contribution in [0.5, 0.6) is 0 Å². The van der Waals surface area contributed by atoms with Crippen molar-refractivity contribution >= 4 is 17.6 Å². The molecule has 0 aliphatic carbocycles. The minimum atomic E-state index is -0.516. The fraction of sp³-hybridized carbons (Fsp3) is 0.111. The topological polar surface area (TPSA) is 50.1 Å². The summed E-state index contributed by atoms with van der Waals surface area (Å²) in [7, 11) is 0. The molecule has 0 aliphatic heterocycles. The van der Waals surface area contributed by atoms with E-state index in [0.29, 0.717) is 10.6 Å². The molecule has 0 N–H and O–H groups in total. The van der Waals surface area contributed by atoms with Gasteiger partial charge in [-0.2, -0.15) is 5.26 Å². The Bertz CT molecular complexity index is 340. The van der Waals surface area contributed by atoms with Crippen molar-refractivity contribution in [3.63, 3.8) is 0 Å². The van der Waals surface area contributed by atoms with E-state index in [1.54, 1.807) is 30.3 Å². The van der Waals surface area contributed by atoms with Crippen molar-refractivity contribution in [3.8, 4) is 6.07 Å². The van der Waals surface area contributed by atoms with Crippen molar-refractivity contribution in [3.05, 3.63) is 34.9 Å². The van der Waals surface area contributed by atoms with Crippen LogP contribution in [0.15, 0.2) is 24.3 Å². The van der Waals surface area contributed by atoms with E-state index in [0.717, 1.165) is 0 Å². The highest BCUT2D eigenvalue weighted by atomic mass is 35.5. The smallest absolute Gasteiger partial charge is 0.339 e. The maximum atomic E-state index is 11.1. The quantitative estimate of drug-likeness (QED) is 0.679. The van der Waals surface area contributed by atoms with Gasteiger partial charge in [-0.05, 0) is 24.3 Å². The van der Waals surface area contributed by atoms with Crippen LogP contribution in [-0.4, -0.2) is 12.6 Å². The molecular weight excluding hydrogens is 190 g/mol. The van der Waals surface area contributed by atoms with E-state index in [4.69, 9.17) is 16.9 Å². The van der Waals surface area contributed by atoms with E-state index >= 15 is 0 Å². The number of carbonyl (C=O) groups is 1. The molecule has 0 radical (unpaired) electrons. The predicted octanol–water partition coefficient (Wildman–Crippen LogP) is 2.02. The van der Waals surface area contributed by atoms with Gasteiger partial charge in [0.1, 0.15) is 6.07 Å². The van der Waals surface area contributed by atoms with Gasteiger partial charge in [0, 0.05) is 5.02 Å². The van der Waals surface area contributed by atoms with E-state index in [-0.39, 0.29) is 6.61 Å². The van der Waals surface area contributed by atoms with Crippen LogP contribution in [0, 0.1) is 11.3 Å². The summed E-state index contributed by atoms with van der Waals surface area (Å²) in [6.07, 6.45) is 0. The second-order valence-electron chi connectivity index (χ2n) is 2.24. The fourth-order valence-corrected chi connectivity index (χ4v) is 0.893. The van der Waals surface area contributed by atoms with E-state index in [1.807, 2.05) is 0 Å². The first kappa shape index (κ1) is 9.56. The molecule has 0 amide bonds. The molecule has 1 aromatic carbocycles. The van der Waals surface area contributed by atoms with Crippen LogP contribution >= 0.6 is 11.6 Å². The first-order valence-electron chi connectivity index (χ1n) is 3.53. The average molecular weight is 196 g/mol. The molecule has 0 aliphatic rings. The molecule has 0 heterocycles. The van der Waals surface area contributed by atoms with Crippen molar-refractivity contribution in [1.82, 2.24) is 0 Å². The molecule has 0 atom stereocenters. The van der Waals surface area contributed by atoms with Gasteiger partial charge in [0.25, 0.3) is 0 Å². The summed E-state index contributed by atoms with van der Waals surface area (Å²) >= 11 is 5.62. The second kappa shape index (κ2) is 4.48. The third kappa shape index (κ3) is 2.77. The van der Waals surface area contributed by atoms with Gasteiger partial charge >= 0.3 is 5.97 Å². The number of nitrogens with zero attached hydrogens (tertiary/aromatic N) is 1. The molecule has 0 saturated heterocycles. The fourth-order valence-electron chi connectivity index (χ4n) is 0.767. The van der Waals surface area contributed by atoms with Gasteiger partial charge < -0.3 is 4.74 Å². The second-order valence-corrected chi connectivity index (χ2v) is 2.68. The van der Waals surface area contributed by atoms with Crippen molar-refractivity contribution in [2.24, 2.45) is 0 Å². The molecule has 0 spiro atoms. The number of nitriles is 1. The number of esters is 1. The lowest BCUT2D eigenvalue weighted by Crippen LogP contribution is -2.04. The van der Waals surface area contributed by atoms with Crippen molar-refractivity contribution < 1.29 is 9.53 Å². The summed E-state index contributed by atoms with van der Waals surface area (Å²) in [4.78, 5) is 11.1. The molecule has 0 aromatic heterocycles. The van der Waals surface area contributed by atoms with Crippen LogP contribution < -0.4 is 0 Å². The van der Waals surface area contributed by atoms with Gasteiger partial charge in [0.2, 0.25) is 0 Å². The standard InChI is InChI=1S/C9H6ClNO2/c10-8-3-1-7(2-4-8)9(12)13-6-5-11/h1-4H,6H2. The minimum absolute atomic E-state index is 0.235. The summed E-state index contributed by atoms with van der Waals surface area (Å²) < 4.78 is 4.57. The number of halogens is 1. The van der Waals surface area contributed by atoms with Crippen molar-refractivity contribution in [2.75, 3.05) is 6.61 Å². The van der Waals surface area contributed by atoms with Gasteiger partial charge in [0.05, 0.1) is 5.56 Å². The molecular formula is C9H6ClNO2. The van der Waals surface area contributed by atoms with E-state index < -0.39 is 5.97 Å². The van der Waals surface area contributed by atoms with Crippen LogP contribution in [0.3, 0.4) is 0 Å². The van der Waals surface area contributed by atoms with Crippen molar-refractivity contribution in [2.45, 2.75) is 0 Å². The molecule has 0 bridgehead atoms. The number of hydrogen-bond acceptors (Lipinski definition) is 3. The Morgan fingerprint density at radius 2 is 2.08 bits per heavy atom. The molecule has 0 unspecified atom stereocenters. The molecule has 13 heavy (non-hydrogen) atoms. The van der Waals surface area contributed by atoms with E-state index in [1.165, 1.54) is 0 Å². The third-order valence-electron chi connectivity index (χ3n) is 1.35. The minimum Gasteiger partial charge on any atom is -0.447 e. The number of hydrogen-bond donors (Lipinski definition) is 0. The summed E-state index contributed by atoms with van der Waals surface area (Å²) in [6.45, 7) is -0.235. The lowest BCUT2D eigenvalue weighted by atomic mass is 10.2. The van der Waals surface area contributed by atoms with Gasteiger partial charge in [-0.25, -0.2) is 4.79 Å². The summed E-state index contributed by atoms with van der Waals surface area (Å²) in [5.74, 6) is -0.516. The highest BCUT2D eigenvalue weighted by Gasteiger charge is 2.05. The molecule has 4 heteroatoms. The number of benzene rings is 1. The van der Waals surface area contributed by atoms with Gasteiger partial charge in [-0.3, -0.25) is 0 Å². The van der Waals surface area contributed by atoms with Gasteiger partial charge in [0.15, 0.2) is 6.61 Å². The molecule has 66 valence electrons. The highest BCUT2D eigenvalue weighted by molar-refractivity contribution is 6.30. The first-order valence-corrected chi connectivity index (χ1v) is 3.91. The van der Waals surface area contributed by atoms with Gasteiger partial charge in [-0.1, -0.05) is 11.6 Å².